The number of fused-ring (bicyclic) bond motifs is 3. The molecule has 210 valence electrons. The summed E-state index contributed by atoms with van der Waals surface area (Å²) >= 11 is 0. The Kier molecular flexibility index (Phi) is 6.54. The molecule has 0 atom stereocenters. The lowest BCUT2D eigenvalue weighted by Crippen LogP contribution is -2.10. The van der Waals surface area contributed by atoms with Gasteiger partial charge in [-0.05, 0) is 76.3 Å². The van der Waals surface area contributed by atoms with Crippen LogP contribution in [0.2, 0.25) is 0 Å². The van der Waals surface area contributed by atoms with E-state index in [4.69, 9.17) is 4.42 Å². The molecule has 1 aliphatic heterocycles. The average molecular weight is 567 g/mol. The van der Waals surface area contributed by atoms with Crippen molar-refractivity contribution in [2.45, 2.75) is 0 Å². The molecule has 3 nitrogen and oxygen atoms in total. The largest absolute Gasteiger partial charge is 0.454 e. The first-order valence-corrected chi connectivity index (χ1v) is 15.0. The molecular weight excluding hydrogens is 536 g/mol. The summed E-state index contributed by atoms with van der Waals surface area (Å²) in [5.41, 5.74) is 12.3. The van der Waals surface area contributed by atoms with Crippen LogP contribution in [0.1, 0.15) is 11.3 Å². The normalized spacial score (nSPS) is 12.3. The first kappa shape index (κ1) is 25.9. The zero-order valence-electron chi connectivity index (χ0n) is 24.2. The fraction of sp³-hybridized carbons (Fsp3) is 0.0244. The van der Waals surface area contributed by atoms with Crippen LogP contribution in [-0.2, 0) is 0 Å². The summed E-state index contributed by atoms with van der Waals surface area (Å²) in [4.78, 5) is 2.32. The molecule has 0 saturated heterocycles. The Bertz CT molecular complexity index is 1990. The molecule has 0 aliphatic carbocycles. The molecule has 0 fully saturated rings. The van der Waals surface area contributed by atoms with Gasteiger partial charge in [-0.25, -0.2) is 0 Å². The molecule has 8 rings (SSSR count). The van der Waals surface area contributed by atoms with Crippen LogP contribution < -0.4 is 10.2 Å². The number of furan rings is 1. The number of nitrogens with one attached hydrogen (secondary N) is 1. The molecular formula is C41H30N2O. The molecule has 0 spiro atoms. The van der Waals surface area contributed by atoms with Gasteiger partial charge in [-0.2, -0.15) is 0 Å². The van der Waals surface area contributed by atoms with Crippen molar-refractivity contribution in [2.24, 2.45) is 0 Å². The first-order chi connectivity index (χ1) is 21.8. The molecule has 0 saturated carbocycles. The Hall–Kier alpha value is -5.80. The second-order valence-corrected chi connectivity index (χ2v) is 11.0. The fourth-order valence-electron chi connectivity index (χ4n) is 6.11. The summed E-state index contributed by atoms with van der Waals surface area (Å²) in [7, 11) is 0. The molecule has 0 bridgehead atoms. The summed E-state index contributed by atoms with van der Waals surface area (Å²) in [5, 5.41) is 4.63. The Balaban J connectivity index is 1.17. The van der Waals surface area contributed by atoms with Gasteiger partial charge in [-0.3, -0.25) is 0 Å². The van der Waals surface area contributed by atoms with Crippen molar-refractivity contribution >= 4 is 39.3 Å². The van der Waals surface area contributed by atoms with Gasteiger partial charge in [0.25, 0.3) is 0 Å². The number of rotatable bonds is 6. The highest BCUT2D eigenvalue weighted by Crippen LogP contribution is 2.42. The van der Waals surface area contributed by atoms with Gasteiger partial charge in [0.15, 0.2) is 5.76 Å². The van der Waals surface area contributed by atoms with Gasteiger partial charge < -0.3 is 14.6 Å². The SMILES string of the molecule is C1=C(c2ccc(N(c3ccc(-c4ccccc4)cc3)c3ccc(-c4ccccc4)cc3)cc2)c2oc3ccccc3c2NC1. The van der Waals surface area contributed by atoms with Crippen LogP contribution in [0, 0.1) is 0 Å². The van der Waals surface area contributed by atoms with Crippen LogP contribution in [0.3, 0.4) is 0 Å². The number of anilines is 4. The Morgan fingerprint density at radius 3 is 1.45 bits per heavy atom. The molecule has 1 aliphatic rings. The smallest absolute Gasteiger partial charge is 0.158 e. The Labute approximate surface area is 257 Å². The lowest BCUT2D eigenvalue weighted by molar-refractivity contribution is 0.600. The number of para-hydroxylation sites is 1. The van der Waals surface area contributed by atoms with Gasteiger partial charge >= 0.3 is 0 Å². The molecule has 0 radical (unpaired) electrons. The molecule has 0 unspecified atom stereocenters. The topological polar surface area (TPSA) is 28.4 Å². The van der Waals surface area contributed by atoms with Gasteiger partial charge in [0.1, 0.15) is 5.58 Å². The third kappa shape index (κ3) is 4.75. The van der Waals surface area contributed by atoms with E-state index in [1.165, 1.54) is 22.3 Å². The quantitative estimate of drug-likeness (QED) is 0.217. The second-order valence-electron chi connectivity index (χ2n) is 11.0. The minimum atomic E-state index is 0.765. The maximum atomic E-state index is 6.33. The molecule has 3 heteroatoms. The predicted molar refractivity (Wildman–Crippen MR) is 184 cm³/mol. The Morgan fingerprint density at radius 2 is 0.909 bits per heavy atom. The maximum absolute atomic E-state index is 6.33. The van der Waals surface area contributed by atoms with Gasteiger partial charge in [0, 0.05) is 34.6 Å². The van der Waals surface area contributed by atoms with E-state index < -0.39 is 0 Å². The highest BCUT2D eigenvalue weighted by Gasteiger charge is 2.22. The van der Waals surface area contributed by atoms with E-state index in [0.29, 0.717) is 0 Å². The Morgan fingerprint density at radius 1 is 0.455 bits per heavy atom. The van der Waals surface area contributed by atoms with Gasteiger partial charge in [-0.15, -0.1) is 0 Å². The minimum absolute atomic E-state index is 0.765. The first-order valence-electron chi connectivity index (χ1n) is 15.0. The van der Waals surface area contributed by atoms with Gasteiger partial charge in [0.2, 0.25) is 0 Å². The van der Waals surface area contributed by atoms with Gasteiger partial charge in [0.05, 0.1) is 5.69 Å². The number of benzene rings is 6. The van der Waals surface area contributed by atoms with E-state index in [9.17, 15) is 0 Å². The van der Waals surface area contributed by atoms with Gasteiger partial charge in [-0.1, -0.05) is 115 Å². The number of hydrogen-bond donors (Lipinski definition) is 1. The van der Waals surface area contributed by atoms with E-state index in [2.05, 4.69) is 162 Å². The van der Waals surface area contributed by atoms with Crippen LogP contribution in [-0.4, -0.2) is 6.54 Å². The monoisotopic (exact) mass is 566 g/mol. The van der Waals surface area contributed by atoms with Crippen molar-refractivity contribution < 1.29 is 4.42 Å². The molecule has 0 amide bonds. The van der Waals surface area contributed by atoms with Crippen LogP contribution in [0.5, 0.6) is 0 Å². The van der Waals surface area contributed by atoms with Crippen LogP contribution in [0.4, 0.5) is 22.7 Å². The van der Waals surface area contributed by atoms with Crippen molar-refractivity contribution in [1.82, 2.24) is 0 Å². The average Bonchev–Trinajstić information content (AvgIpc) is 3.49. The lowest BCUT2D eigenvalue weighted by atomic mass is 9.98. The van der Waals surface area contributed by atoms with Crippen LogP contribution >= 0.6 is 0 Å². The molecule has 2 heterocycles. The van der Waals surface area contributed by atoms with E-state index in [-0.39, 0.29) is 0 Å². The summed E-state index contributed by atoms with van der Waals surface area (Å²) < 4.78 is 6.33. The van der Waals surface area contributed by atoms with Crippen molar-refractivity contribution in [3.8, 4) is 22.3 Å². The van der Waals surface area contributed by atoms with Crippen molar-refractivity contribution in [3.63, 3.8) is 0 Å². The van der Waals surface area contributed by atoms with E-state index in [1.807, 2.05) is 12.1 Å². The molecule has 6 aromatic carbocycles. The predicted octanol–water partition coefficient (Wildman–Crippen LogP) is 11.1. The number of hydrogen-bond acceptors (Lipinski definition) is 3. The zero-order valence-corrected chi connectivity index (χ0v) is 24.2. The molecule has 44 heavy (non-hydrogen) atoms. The lowest BCUT2D eigenvalue weighted by Gasteiger charge is -2.26. The van der Waals surface area contributed by atoms with Crippen molar-refractivity contribution in [3.05, 3.63) is 175 Å². The van der Waals surface area contributed by atoms with Crippen LogP contribution in [0.15, 0.2) is 168 Å². The highest BCUT2D eigenvalue weighted by atomic mass is 16.3. The van der Waals surface area contributed by atoms with Crippen molar-refractivity contribution in [2.75, 3.05) is 16.8 Å². The summed E-state index contributed by atoms with van der Waals surface area (Å²) in [6, 6.07) is 55.7. The molecule has 1 aromatic heterocycles. The molecule has 7 aromatic rings. The summed E-state index contributed by atoms with van der Waals surface area (Å²) in [6.07, 6.45) is 2.21. The van der Waals surface area contributed by atoms with E-state index in [1.54, 1.807) is 0 Å². The summed E-state index contributed by atoms with van der Waals surface area (Å²) in [6.45, 7) is 0.765. The van der Waals surface area contributed by atoms with E-state index >= 15 is 0 Å². The molecule has 1 N–H and O–H groups in total. The fourth-order valence-corrected chi connectivity index (χ4v) is 6.11. The van der Waals surface area contributed by atoms with Crippen LogP contribution in [0.25, 0.3) is 38.8 Å². The minimum Gasteiger partial charge on any atom is -0.454 e. The standard InChI is InChI=1S/C41H30N2O/c1-3-9-29(10-4-1)31-15-21-34(22-16-31)43(35-23-17-32(18-24-35)30-11-5-2-6-12-30)36-25-19-33(20-26-36)37-27-28-42-40-38-13-7-8-14-39(38)44-41(37)40/h1-27,42H,28H2. The highest BCUT2D eigenvalue weighted by molar-refractivity contribution is 6.00. The second kappa shape index (κ2) is 11.1. The third-order valence-electron chi connectivity index (χ3n) is 8.33. The maximum Gasteiger partial charge on any atom is 0.158 e. The zero-order chi connectivity index (χ0) is 29.3. The number of nitrogens with zero attached hydrogens (tertiary/aromatic N) is 1. The summed E-state index contributed by atoms with van der Waals surface area (Å²) in [5.74, 6) is 0.898. The third-order valence-corrected chi connectivity index (χ3v) is 8.33. The van der Waals surface area contributed by atoms with Crippen molar-refractivity contribution in [1.29, 1.82) is 0 Å². The van der Waals surface area contributed by atoms with E-state index in [0.717, 1.165) is 57.2 Å².